The van der Waals surface area contributed by atoms with Gasteiger partial charge in [0.15, 0.2) is 0 Å². The molecule has 0 bridgehead atoms. The van der Waals surface area contributed by atoms with Crippen LogP contribution in [0.3, 0.4) is 0 Å². The number of nitrogens with two attached hydrogens (primary N) is 2. The number of nitrogens with one attached hydrogen (secondary N) is 1. The summed E-state index contributed by atoms with van der Waals surface area (Å²) in [5, 5.41) is 3.07. The van der Waals surface area contributed by atoms with Crippen LogP contribution in [0, 0.1) is 0 Å². The smallest absolute Gasteiger partial charge is 0 e. The van der Waals surface area contributed by atoms with Gasteiger partial charge in [-0.2, -0.15) is 0 Å². The molecule has 0 spiro atoms. The molecule has 18 heavy (non-hydrogen) atoms. The zero-order chi connectivity index (χ0) is 15.7. The van der Waals surface area contributed by atoms with Crippen LogP contribution in [0.15, 0.2) is 0 Å². The lowest BCUT2D eigenvalue weighted by molar-refractivity contribution is 0.711. The van der Waals surface area contributed by atoms with Crippen LogP contribution in [0.1, 0.15) is 75.1 Å². The summed E-state index contributed by atoms with van der Waals surface area (Å²) in [6.45, 7) is 14.6. The molecular formula is C15H45N3. The second-order valence-corrected chi connectivity index (χ2v) is 3.31. The van der Waals surface area contributed by atoms with Gasteiger partial charge in [-0.05, 0) is 40.0 Å². The highest BCUT2D eigenvalue weighted by Gasteiger charge is 1.73. The highest BCUT2D eigenvalue weighted by molar-refractivity contribution is 4.34. The Kier molecular flexibility index (Phi) is 117. The average molecular weight is 268 g/mol. The van der Waals surface area contributed by atoms with Crippen molar-refractivity contribution < 1.29 is 1.43 Å². The maximum Gasteiger partial charge on any atom is 0 e. The minimum Gasteiger partial charge on any atom is -0.333 e. The molecule has 0 heterocycles. The molecule has 0 radical (unpaired) electrons. The Labute approximate surface area is 120 Å². The monoisotopic (exact) mass is 267 g/mol. The molecule has 0 aliphatic heterocycles. The number of unbranched alkanes of at least 4 members (excludes halogenated alkanes) is 2. The highest BCUT2D eigenvalue weighted by Crippen LogP contribution is 1.79. The Hall–Kier alpha value is -0.120. The van der Waals surface area contributed by atoms with E-state index in [-0.39, 0.29) is 1.43 Å². The van der Waals surface area contributed by atoms with E-state index >= 15 is 0 Å². The summed E-state index contributed by atoms with van der Waals surface area (Å²) in [4.78, 5) is 0. The molecule has 0 atom stereocenters. The normalized spacial score (nSPS) is 7.00. The zero-order valence-corrected chi connectivity index (χ0v) is 14.6. The van der Waals surface area contributed by atoms with E-state index in [1.165, 1.54) is 39.2 Å². The predicted octanol–water partition coefficient (Wildman–Crippen LogP) is 4.01. The molecule has 0 saturated carbocycles. The third-order valence-electron chi connectivity index (χ3n) is 1.34. The van der Waals surface area contributed by atoms with Crippen molar-refractivity contribution in [1.29, 1.82) is 0 Å². The summed E-state index contributed by atoms with van der Waals surface area (Å²) < 4.78 is 0. The standard InChI is InChI=1S/C5H13N.C4H11N.C3H8.C2H6.CH5N.H2/c1-3-4-5-6-2;1-2-3-4-5;1-3-2;2*1-2;/h6H,3-5H2,1-2H3;2-5H2,1H3;3H2,1-2H3;1-2H3;2H2,1H3;1H. The van der Waals surface area contributed by atoms with E-state index in [1.54, 1.807) is 0 Å². The lowest BCUT2D eigenvalue weighted by Crippen LogP contribution is -2.06. The third-order valence-corrected chi connectivity index (χ3v) is 1.34. The molecule has 0 aromatic carbocycles. The molecule has 0 aliphatic carbocycles. The molecule has 0 aromatic heterocycles. The van der Waals surface area contributed by atoms with Crippen LogP contribution in [-0.2, 0) is 0 Å². The Morgan fingerprint density at radius 1 is 0.889 bits per heavy atom. The first-order valence-electron chi connectivity index (χ1n) is 7.67. The summed E-state index contributed by atoms with van der Waals surface area (Å²) >= 11 is 0. The van der Waals surface area contributed by atoms with Gasteiger partial charge in [0.1, 0.15) is 0 Å². The summed E-state index contributed by atoms with van der Waals surface area (Å²) in [6, 6.07) is 0. The molecule has 0 fully saturated rings. The van der Waals surface area contributed by atoms with Gasteiger partial charge in [0, 0.05) is 1.43 Å². The fraction of sp³-hybridized carbons (Fsp3) is 1.00. The maximum absolute atomic E-state index is 5.14. The van der Waals surface area contributed by atoms with Gasteiger partial charge in [0.25, 0.3) is 0 Å². The second-order valence-electron chi connectivity index (χ2n) is 3.31. The minimum absolute atomic E-state index is 0. The topological polar surface area (TPSA) is 64.1 Å². The van der Waals surface area contributed by atoms with Crippen molar-refractivity contribution >= 4 is 0 Å². The summed E-state index contributed by atoms with van der Waals surface area (Å²) in [7, 11) is 3.48. The summed E-state index contributed by atoms with van der Waals surface area (Å²) in [5.41, 5.74) is 9.64. The molecule has 0 saturated heterocycles. The van der Waals surface area contributed by atoms with E-state index in [4.69, 9.17) is 5.73 Å². The van der Waals surface area contributed by atoms with E-state index in [1.807, 2.05) is 20.9 Å². The van der Waals surface area contributed by atoms with Crippen molar-refractivity contribution in [2.45, 2.75) is 73.6 Å². The van der Waals surface area contributed by atoms with Gasteiger partial charge in [-0.25, -0.2) is 0 Å². The van der Waals surface area contributed by atoms with Gasteiger partial charge < -0.3 is 16.8 Å². The van der Waals surface area contributed by atoms with Crippen LogP contribution in [0.25, 0.3) is 0 Å². The van der Waals surface area contributed by atoms with Crippen molar-refractivity contribution in [3.63, 3.8) is 0 Å². The number of hydrogen-bond donors (Lipinski definition) is 3. The van der Waals surface area contributed by atoms with Gasteiger partial charge in [-0.15, -0.1) is 0 Å². The van der Waals surface area contributed by atoms with E-state index in [0.717, 1.165) is 13.1 Å². The Morgan fingerprint density at radius 3 is 1.28 bits per heavy atom. The van der Waals surface area contributed by atoms with E-state index in [0.29, 0.717) is 0 Å². The third kappa shape index (κ3) is 148. The number of rotatable bonds is 5. The van der Waals surface area contributed by atoms with Crippen molar-refractivity contribution in [3.05, 3.63) is 0 Å². The molecule has 0 unspecified atom stereocenters. The zero-order valence-electron chi connectivity index (χ0n) is 14.6. The number of hydrogen-bond acceptors (Lipinski definition) is 3. The molecule has 0 rings (SSSR count). The van der Waals surface area contributed by atoms with Gasteiger partial charge >= 0.3 is 0 Å². The SMILES string of the molecule is CC.CCC.CCCCN.CCCCNC.CN.[HH]. The van der Waals surface area contributed by atoms with Gasteiger partial charge in [0.05, 0.1) is 0 Å². The van der Waals surface area contributed by atoms with Gasteiger partial charge in [-0.3, -0.25) is 0 Å². The first-order valence-corrected chi connectivity index (χ1v) is 7.67. The maximum atomic E-state index is 5.14. The first-order chi connectivity index (χ1) is 8.74. The summed E-state index contributed by atoms with van der Waals surface area (Å²) in [6.07, 6.45) is 6.23. The van der Waals surface area contributed by atoms with E-state index in [2.05, 4.69) is 38.7 Å². The van der Waals surface area contributed by atoms with Crippen molar-refractivity contribution in [1.82, 2.24) is 5.32 Å². The van der Waals surface area contributed by atoms with E-state index < -0.39 is 0 Å². The highest BCUT2D eigenvalue weighted by atomic mass is 14.8. The fourth-order valence-electron chi connectivity index (χ4n) is 0.558. The second kappa shape index (κ2) is 68.6. The largest absolute Gasteiger partial charge is 0.333 e. The van der Waals surface area contributed by atoms with Crippen LogP contribution in [0.2, 0.25) is 0 Å². The average Bonchev–Trinajstić information content (AvgIpc) is 2.43. The molecule has 0 aromatic rings. The quantitative estimate of drug-likeness (QED) is 0.659. The molecule has 120 valence electrons. The van der Waals surface area contributed by atoms with Crippen molar-refractivity contribution in [2.75, 3.05) is 27.2 Å². The van der Waals surface area contributed by atoms with Crippen LogP contribution in [0.4, 0.5) is 0 Å². The lowest BCUT2D eigenvalue weighted by atomic mass is 10.3. The molecule has 3 heteroatoms. The Morgan fingerprint density at radius 2 is 1.22 bits per heavy atom. The Balaban J connectivity index is -0.0000000297. The molecule has 3 nitrogen and oxygen atoms in total. The van der Waals surface area contributed by atoms with Gasteiger partial charge in [-0.1, -0.05) is 60.8 Å². The molecular weight excluding hydrogens is 222 g/mol. The molecule has 0 amide bonds. The van der Waals surface area contributed by atoms with E-state index in [9.17, 15) is 0 Å². The molecule has 5 N–H and O–H groups in total. The van der Waals surface area contributed by atoms with Crippen molar-refractivity contribution in [2.24, 2.45) is 11.5 Å². The molecule has 0 aliphatic rings. The predicted molar refractivity (Wildman–Crippen MR) is 92.3 cm³/mol. The van der Waals surface area contributed by atoms with Crippen LogP contribution >= 0.6 is 0 Å². The minimum atomic E-state index is 0. The van der Waals surface area contributed by atoms with Crippen LogP contribution in [-0.4, -0.2) is 27.2 Å². The lowest BCUT2D eigenvalue weighted by Gasteiger charge is -1.89. The van der Waals surface area contributed by atoms with Crippen molar-refractivity contribution in [3.8, 4) is 0 Å². The summed E-state index contributed by atoms with van der Waals surface area (Å²) in [5.74, 6) is 0. The van der Waals surface area contributed by atoms with Crippen LogP contribution in [0.5, 0.6) is 0 Å². The fourth-order valence-corrected chi connectivity index (χ4v) is 0.558. The van der Waals surface area contributed by atoms with Gasteiger partial charge in [0.2, 0.25) is 0 Å². The van der Waals surface area contributed by atoms with Crippen LogP contribution < -0.4 is 16.8 Å². The first kappa shape index (κ1) is 30.7. The Bertz CT molecular complexity index is 59.4.